The molecule has 0 fully saturated rings. The molecule has 1 aromatic carbocycles. The van der Waals surface area contributed by atoms with Crippen molar-refractivity contribution < 1.29 is 4.79 Å². The summed E-state index contributed by atoms with van der Waals surface area (Å²) >= 11 is 0. The molecule has 0 atom stereocenters. The summed E-state index contributed by atoms with van der Waals surface area (Å²) in [5, 5.41) is 7.61. The number of imidazole rings is 1. The van der Waals surface area contributed by atoms with Crippen molar-refractivity contribution in [3.8, 4) is 0 Å². The first-order valence-corrected chi connectivity index (χ1v) is 9.67. The van der Waals surface area contributed by atoms with Crippen molar-refractivity contribution >= 4 is 16.9 Å². The van der Waals surface area contributed by atoms with Crippen LogP contribution < -0.4 is 5.32 Å². The lowest BCUT2D eigenvalue weighted by atomic mass is 10.1. The molecule has 6 heteroatoms. The molecule has 0 unspecified atom stereocenters. The van der Waals surface area contributed by atoms with E-state index in [1.807, 2.05) is 42.8 Å². The quantitative estimate of drug-likeness (QED) is 0.600. The van der Waals surface area contributed by atoms with E-state index >= 15 is 0 Å². The van der Waals surface area contributed by atoms with Crippen LogP contribution in [0.2, 0.25) is 0 Å². The van der Waals surface area contributed by atoms with E-state index in [1.54, 1.807) is 0 Å². The molecule has 2 heterocycles. The van der Waals surface area contributed by atoms with Crippen LogP contribution in [0, 0.1) is 19.8 Å². The lowest BCUT2D eigenvalue weighted by Crippen LogP contribution is -2.26. The zero-order valence-electron chi connectivity index (χ0n) is 16.7. The fourth-order valence-electron chi connectivity index (χ4n) is 3.34. The highest BCUT2D eigenvalue weighted by Crippen LogP contribution is 2.15. The molecule has 0 bridgehead atoms. The molecule has 0 aliphatic carbocycles. The standard InChI is InChI=1S/C21H29N5O/c1-14(2)13-26-16(4)17(15(3)25-26)12-21(27)22-11-7-10-20-23-18-8-5-6-9-19(18)24-20/h5-6,8-9,14H,7,10-13H2,1-4H3,(H,22,27)(H,23,24). The van der Waals surface area contributed by atoms with Crippen molar-refractivity contribution in [3.05, 3.63) is 47.0 Å². The Morgan fingerprint density at radius 3 is 2.78 bits per heavy atom. The Kier molecular flexibility index (Phi) is 5.94. The van der Waals surface area contributed by atoms with Gasteiger partial charge in [0.2, 0.25) is 5.91 Å². The van der Waals surface area contributed by atoms with Crippen LogP contribution in [0.1, 0.15) is 43.0 Å². The maximum absolute atomic E-state index is 12.3. The van der Waals surface area contributed by atoms with E-state index in [0.717, 1.165) is 53.2 Å². The topological polar surface area (TPSA) is 75.6 Å². The van der Waals surface area contributed by atoms with Gasteiger partial charge in [-0.2, -0.15) is 5.10 Å². The van der Waals surface area contributed by atoms with Crippen molar-refractivity contribution in [3.63, 3.8) is 0 Å². The summed E-state index contributed by atoms with van der Waals surface area (Å²) in [6.45, 7) is 9.90. The minimum atomic E-state index is 0.0508. The molecule has 144 valence electrons. The van der Waals surface area contributed by atoms with Crippen molar-refractivity contribution in [1.82, 2.24) is 25.1 Å². The molecule has 6 nitrogen and oxygen atoms in total. The molecule has 0 saturated heterocycles. The monoisotopic (exact) mass is 367 g/mol. The number of carbonyl (C=O) groups excluding carboxylic acids is 1. The van der Waals surface area contributed by atoms with Crippen LogP contribution in [0.5, 0.6) is 0 Å². The van der Waals surface area contributed by atoms with E-state index in [0.29, 0.717) is 18.9 Å². The summed E-state index contributed by atoms with van der Waals surface area (Å²) < 4.78 is 2.02. The number of para-hydroxylation sites is 2. The van der Waals surface area contributed by atoms with Gasteiger partial charge in [-0.1, -0.05) is 26.0 Å². The number of benzene rings is 1. The van der Waals surface area contributed by atoms with Gasteiger partial charge in [0.1, 0.15) is 5.82 Å². The molecule has 2 aromatic heterocycles. The van der Waals surface area contributed by atoms with Crippen LogP contribution in [0.25, 0.3) is 11.0 Å². The van der Waals surface area contributed by atoms with Gasteiger partial charge in [0.25, 0.3) is 0 Å². The fraction of sp³-hybridized carbons (Fsp3) is 0.476. The average molecular weight is 367 g/mol. The molecule has 0 saturated carbocycles. The molecule has 2 N–H and O–H groups in total. The van der Waals surface area contributed by atoms with Gasteiger partial charge in [0, 0.05) is 30.8 Å². The number of rotatable bonds is 8. The van der Waals surface area contributed by atoms with Gasteiger partial charge in [-0.15, -0.1) is 0 Å². The highest BCUT2D eigenvalue weighted by atomic mass is 16.1. The minimum absolute atomic E-state index is 0.0508. The number of carbonyl (C=O) groups is 1. The number of aromatic amines is 1. The Hall–Kier alpha value is -2.63. The summed E-state index contributed by atoms with van der Waals surface area (Å²) in [5.41, 5.74) is 5.14. The highest BCUT2D eigenvalue weighted by Gasteiger charge is 2.15. The first-order chi connectivity index (χ1) is 12.9. The Balaban J connectivity index is 1.48. The summed E-state index contributed by atoms with van der Waals surface area (Å²) in [7, 11) is 0. The van der Waals surface area contributed by atoms with E-state index in [4.69, 9.17) is 0 Å². The Labute approximate surface area is 160 Å². The van der Waals surface area contributed by atoms with Crippen molar-refractivity contribution in [1.29, 1.82) is 0 Å². The van der Waals surface area contributed by atoms with Crippen molar-refractivity contribution in [2.24, 2.45) is 5.92 Å². The van der Waals surface area contributed by atoms with E-state index in [2.05, 4.69) is 34.2 Å². The molecular formula is C21H29N5O. The molecule has 0 spiro atoms. The number of aromatic nitrogens is 4. The Bertz CT molecular complexity index is 889. The summed E-state index contributed by atoms with van der Waals surface area (Å²) in [5.74, 6) is 1.55. The lowest BCUT2D eigenvalue weighted by Gasteiger charge is -2.08. The molecule has 0 radical (unpaired) electrons. The van der Waals surface area contributed by atoms with Crippen LogP contribution in [0.15, 0.2) is 24.3 Å². The third-order valence-electron chi connectivity index (χ3n) is 4.76. The van der Waals surface area contributed by atoms with Gasteiger partial charge >= 0.3 is 0 Å². The predicted octanol–water partition coefficient (Wildman–Crippen LogP) is 3.32. The largest absolute Gasteiger partial charge is 0.356 e. The van der Waals surface area contributed by atoms with Crippen LogP contribution in [0.4, 0.5) is 0 Å². The summed E-state index contributed by atoms with van der Waals surface area (Å²) in [6.07, 6.45) is 2.07. The molecule has 3 rings (SSSR count). The normalized spacial score (nSPS) is 11.4. The highest BCUT2D eigenvalue weighted by molar-refractivity contribution is 5.79. The number of hydrogen-bond donors (Lipinski definition) is 2. The van der Waals surface area contributed by atoms with Gasteiger partial charge in [-0.05, 0) is 38.3 Å². The molecule has 3 aromatic rings. The van der Waals surface area contributed by atoms with Gasteiger partial charge in [-0.3, -0.25) is 9.48 Å². The summed E-state index contributed by atoms with van der Waals surface area (Å²) in [6, 6.07) is 8.01. The van der Waals surface area contributed by atoms with Crippen molar-refractivity contribution in [2.75, 3.05) is 6.54 Å². The van der Waals surface area contributed by atoms with Gasteiger partial charge in [-0.25, -0.2) is 4.98 Å². The average Bonchev–Trinajstić information content (AvgIpc) is 3.14. The van der Waals surface area contributed by atoms with E-state index in [1.165, 1.54) is 0 Å². The zero-order valence-corrected chi connectivity index (χ0v) is 16.7. The second kappa shape index (κ2) is 8.37. The molecule has 0 aliphatic rings. The lowest BCUT2D eigenvalue weighted by molar-refractivity contribution is -0.120. The third-order valence-corrected chi connectivity index (χ3v) is 4.76. The number of H-pyrrole nitrogens is 1. The van der Waals surface area contributed by atoms with E-state index in [9.17, 15) is 4.79 Å². The van der Waals surface area contributed by atoms with Crippen LogP contribution in [0.3, 0.4) is 0 Å². The molecule has 0 aliphatic heterocycles. The first kappa shape index (κ1) is 19.1. The third kappa shape index (κ3) is 4.76. The number of nitrogens with one attached hydrogen (secondary N) is 2. The second-order valence-electron chi connectivity index (χ2n) is 7.56. The maximum atomic E-state index is 12.3. The van der Waals surface area contributed by atoms with Crippen LogP contribution in [-0.2, 0) is 24.2 Å². The molecular weight excluding hydrogens is 338 g/mol. The maximum Gasteiger partial charge on any atom is 0.224 e. The Morgan fingerprint density at radius 2 is 2.04 bits per heavy atom. The number of hydrogen-bond acceptors (Lipinski definition) is 3. The van der Waals surface area contributed by atoms with Gasteiger partial charge in [0.05, 0.1) is 23.1 Å². The van der Waals surface area contributed by atoms with Gasteiger partial charge < -0.3 is 10.3 Å². The SMILES string of the molecule is Cc1nn(CC(C)C)c(C)c1CC(=O)NCCCc1nc2ccccc2[nH]1. The van der Waals surface area contributed by atoms with Crippen LogP contribution in [-0.4, -0.2) is 32.2 Å². The summed E-state index contributed by atoms with van der Waals surface area (Å²) in [4.78, 5) is 20.2. The first-order valence-electron chi connectivity index (χ1n) is 9.67. The molecule has 1 amide bonds. The van der Waals surface area contributed by atoms with Crippen molar-refractivity contribution in [2.45, 2.75) is 53.5 Å². The van der Waals surface area contributed by atoms with E-state index in [-0.39, 0.29) is 5.91 Å². The Morgan fingerprint density at radius 1 is 1.26 bits per heavy atom. The van der Waals surface area contributed by atoms with E-state index < -0.39 is 0 Å². The number of amides is 1. The smallest absolute Gasteiger partial charge is 0.224 e. The second-order valence-corrected chi connectivity index (χ2v) is 7.56. The predicted molar refractivity (Wildman–Crippen MR) is 108 cm³/mol. The zero-order chi connectivity index (χ0) is 19.4. The number of aryl methyl sites for hydroxylation is 2. The fourth-order valence-corrected chi connectivity index (χ4v) is 3.34. The molecule has 27 heavy (non-hydrogen) atoms. The minimum Gasteiger partial charge on any atom is -0.356 e. The number of fused-ring (bicyclic) bond motifs is 1. The number of nitrogens with zero attached hydrogens (tertiary/aromatic N) is 3. The van der Waals surface area contributed by atoms with Crippen LogP contribution >= 0.6 is 0 Å². The van der Waals surface area contributed by atoms with Gasteiger partial charge in [0.15, 0.2) is 0 Å².